The van der Waals surface area contributed by atoms with Crippen LogP contribution in [0.15, 0.2) is 58.8 Å². The number of carbonyl (C=O) groups is 2. The number of Topliss-reactive ketones (excluding diaryl/α,β-unsaturated/α-hetero) is 1. The highest BCUT2D eigenvalue weighted by atomic mass is 16.1. The maximum Gasteiger partial charge on any atom is 0.251 e. The highest BCUT2D eigenvalue weighted by molar-refractivity contribution is 5.94. The third-order valence-electron chi connectivity index (χ3n) is 4.53. The molecule has 154 valence electrons. The molecule has 0 saturated heterocycles. The van der Waals surface area contributed by atoms with E-state index in [1.54, 1.807) is 24.3 Å². The number of nitrogens with zero attached hydrogens (tertiary/aromatic N) is 3. The number of amides is 1. The van der Waals surface area contributed by atoms with Crippen molar-refractivity contribution in [2.75, 3.05) is 25.5 Å². The van der Waals surface area contributed by atoms with E-state index < -0.39 is 6.04 Å². The molecule has 2 rings (SSSR count). The van der Waals surface area contributed by atoms with E-state index in [1.807, 2.05) is 43.3 Å². The van der Waals surface area contributed by atoms with Crippen molar-refractivity contribution < 1.29 is 9.59 Å². The molecular formula is C22H29N5O2. The average Bonchev–Trinajstić information content (AvgIpc) is 2.72. The van der Waals surface area contributed by atoms with Crippen LogP contribution in [-0.4, -0.2) is 38.4 Å². The van der Waals surface area contributed by atoms with Crippen molar-refractivity contribution in [1.29, 1.82) is 0 Å². The van der Waals surface area contributed by atoms with E-state index in [-0.39, 0.29) is 11.7 Å². The van der Waals surface area contributed by atoms with Gasteiger partial charge in [-0.1, -0.05) is 0 Å². The second-order valence-electron chi connectivity index (χ2n) is 7.13. The van der Waals surface area contributed by atoms with E-state index >= 15 is 0 Å². The third-order valence-corrected chi connectivity index (χ3v) is 4.53. The van der Waals surface area contributed by atoms with Gasteiger partial charge in [-0.3, -0.25) is 9.59 Å². The van der Waals surface area contributed by atoms with Gasteiger partial charge in [0.15, 0.2) is 0 Å². The summed E-state index contributed by atoms with van der Waals surface area (Å²) in [5.74, 6) is -0.138. The molecule has 2 aromatic carbocycles. The van der Waals surface area contributed by atoms with Crippen molar-refractivity contribution in [3.63, 3.8) is 0 Å². The van der Waals surface area contributed by atoms with E-state index in [4.69, 9.17) is 5.73 Å². The van der Waals surface area contributed by atoms with E-state index in [1.165, 1.54) is 6.92 Å². The predicted octanol–water partition coefficient (Wildman–Crippen LogP) is 3.98. The van der Waals surface area contributed by atoms with Gasteiger partial charge >= 0.3 is 0 Å². The van der Waals surface area contributed by atoms with Gasteiger partial charge in [-0.05, 0) is 74.7 Å². The van der Waals surface area contributed by atoms with Gasteiger partial charge in [0.05, 0.1) is 17.4 Å². The molecule has 7 nitrogen and oxygen atoms in total. The fraction of sp³-hybridized carbons (Fsp3) is 0.364. The van der Waals surface area contributed by atoms with Gasteiger partial charge in [0, 0.05) is 31.9 Å². The Hall–Kier alpha value is -3.06. The van der Waals surface area contributed by atoms with Gasteiger partial charge in [-0.25, -0.2) is 0 Å². The summed E-state index contributed by atoms with van der Waals surface area (Å²) in [6, 6.07) is 14.4. The number of ketones is 1. The SMILES string of the molecule is CC(=O)C(N)CCCCNC(=O)c1ccc(/N=N/c2ccc(N(C)C)cc2)cc1. The number of carbonyl (C=O) groups excluding carboxylic acids is 2. The molecule has 1 atom stereocenters. The Bertz CT molecular complexity index is 829. The zero-order valence-corrected chi connectivity index (χ0v) is 17.3. The van der Waals surface area contributed by atoms with Gasteiger partial charge in [0.1, 0.15) is 5.78 Å². The molecule has 3 N–H and O–H groups in total. The van der Waals surface area contributed by atoms with Gasteiger partial charge in [-0.2, -0.15) is 10.2 Å². The van der Waals surface area contributed by atoms with Gasteiger partial charge in [-0.15, -0.1) is 0 Å². The minimum absolute atomic E-state index is 0.00291. The normalized spacial score (nSPS) is 12.0. The van der Waals surface area contributed by atoms with Crippen LogP contribution in [0, 0.1) is 0 Å². The minimum atomic E-state index is -0.404. The lowest BCUT2D eigenvalue weighted by molar-refractivity contribution is -0.118. The van der Waals surface area contributed by atoms with Gasteiger partial charge < -0.3 is 16.0 Å². The molecule has 0 aliphatic heterocycles. The molecule has 1 amide bonds. The van der Waals surface area contributed by atoms with Crippen LogP contribution in [0.4, 0.5) is 17.1 Å². The number of rotatable bonds is 10. The predicted molar refractivity (Wildman–Crippen MR) is 116 cm³/mol. The van der Waals surface area contributed by atoms with Crippen LogP contribution < -0.4 is 16.0 Å². The number of hydrogen-bond acceptors (Lipinski definition) is 6. The summed E-state index contributed by atoms with van der Waals surface area (Å²) >= 11 is 0. The van der Waals surface area contributed by atoms with Gasteiger partial charge in [0.25, 0.3) is 5.91 Å². The Morgan fingerprint density at radius 2 is 1.52 bits per heavy atom. The number of hydrogen-bond donors (Lipinski definition) is 2. The lowest BCUT2D eigenvalue weighted by Gasteiger charge is -2.11. The van der Waals surface area contributed by atoms with Crippen LogP contribution in [0.2, 0.25) is 0 Å². The van der Waals surface area contributed by atoms with E-state index in [2.05, 4.69) is 15.5 Å². The average molecular weight is 396 g/mol. The van der Waals surface area contributed by atoms with Crippen LogP contribution in [0.3, 0.4) is 0 Å². The summed E-state index contributed by atoms with van der Waals surface area (Å²) in [4.78, 5) is 25.3. The molecule has 0 saturated carbocycles. The number of azo groups is 1. The third kappa shape index (κ3) is 7.46. The number of anilines is 1. The number of unbranched alkanes of at least 4 members (excludes halogenated alkanes) is 1. The number of nitrogens with one attached hydrogen (secondary N) is 1. The highest BCUT2D eigenvalue weighted by Crippen LogP contribution is 2.21. The zero-order valence-electron chi connectivity index (χ0n) is 17.3. The molecule has 1 unspecified atom stereocenters. The summed E-state index contributed by atoms with van der Waals surface area (Å²) < 4.78 is 0. The molecule has 0 aliphatic rings. The molecule has 0 spiro atoms. The lowest BCUT2D eigenvalue weighted by Crippen LogP contribution is -2.29. The summed E-state index contributed by atoms with van der Waals surface area (Å²) in [5, 5.41) is 11.3. The Morgan fingerprint density at radius 3 is 2.03 bits per heavy atom. The van der Waals surface area contributed by atoms with Crippen molar-refractivity contribution in [2.45, 2.75) is 32.2 Å². The second kappa shape index (κ2) is 11.1. The van der Waals surface area contributed by atoms with Gasteiger partial charge in [0.2, 0.25) is 0 Å². The van der Waals surface area contributed by atoms with Crippen LogP contribution in [0.25, 0.3) is 0 Å². The standard InChI is InChI=1S/C22H29N5O2/c1-16(28)21(23)6-4-5-15-24-22(29)17-7-9-18(10-8-17)25-26-19-11-13-20(14-12-19)27(2)3/h7-14,21H,4-6,15,23H2,1-3H3,(H,24,29)/b26-25+. The topological polar surface area (TPSA) is 100 Å². The first-order valence-electron chi connectivity index (χ1n) is 9.70. The summed E-state index contributed by atoms with van der Waals surface area (Å²) in [6.07, 6.45) is 2.23. The van der Waals surface area contributed by atoms with Crippen LogP contribution >= 0.6 is 0 Å². The Balaban J connectivity index is 1.80. The summed E-state index contributed by atoms with van der Waals surface area (Å²) in [6.45, 7) is 2.05. The first-order valence-corrected chi connectivity index (χ1v) is 9.70. The maximum absolute atomic E-state index is 12.2. The summed E-state index contributed by atoms with van der Waals surface area (Å²) in [7, 11) is 3.97. The molecule has 7 heteroatoms. The lowest BCUT2D eigenvalue weighted by atomic mass is 10.1. The minimum Gasteiger partial charge on any atom is -0.378 e. The molecule has 2 aromatic rings. The fourth-order valence-corrected chi connectivity index (χ4v) is 2.61. The summed E-state index contributed by atoms with van der Waals surface area (Å²) in [5.41, 5.74) is 8.80. The largest absolute Gasteiger partial charge is 0.378 e. The van der Waals surface area contributed by atoms with Crippen LogP contribution in [-0.2, 0) is 4.79 Å². The molecule has 0 aliphatic carbocycles. The molecule has 0 bridgehead atoms. The molecule has 0 fully saturated rings. The van der Waals surface area contributed by atoms with Crippen molar-refractivity contribution in [3.05, 3.63) is 54.1 Å². The monoisotopic (exact) mass is 395 g/mol. The quantitative estimate of drug-likeness (QED) is 0.469. The van der Waals surface area contributed by atoms with Crippen LogP contribution in [0.5, 0.6) is 0 Å². The Morgan fingerprint density at radius 1 is 0.966 bits per heavy atom. The Labute approximate surface area is 172 Å². The van der Waals surface area contributed by atoms with Crippen molar-refractivity contribution in [3.8, 4) is 0 Å². The highest BCUT2D eigenvalue weighted by Gasteiger charge is 2.08. The van der Waals surface area contributed by atoms with Crippen molar-refractivity contribution in [1.82, 2.24) is 5.32 Å². The molecule has 0 radical (unpaired) electrons. The zero-order chi connectivity index (χ0) is 21.2. The maximum atomic E-state index is 12.2. The van der Waals surface area contributed by atoms with E-state index in [0.29, 0.717) is 24.2 Å². The Kier molecular flexibility index (Phi) is 8.48. The van der Waals surface area contributed by atoms with E-state index in [9.17, 15) is 9.59 Å². The fourth-order valence-electron chi connectivity index (χ4n) is 2.61. The first kappa shape index (κ1) is 22.2. The smallest absolute Gasteiger partial charge is 0.251 e. The molecule has 29 heavy (non-hydrogen) atoms. The first-order chi connectivity index (χ1) is 13.9. The van der Waals surface area contributed by atoms with Crippen LogP contribution in [0.1, 0.15) is 36.5 Å². The number of benzene rings is 2. The second-order valence-corrected chi connectivity index (χ2v) is 7.13. The molecular weight excluding hydrogens is 366 g/mol. The van der Waals surface area contributed by atoms with E-state index in [0.717, 1.165) is 24.2 Å². The van der Waals surface area contributed by atoms with Crippen molar-refractivity contribution in [2.24, 2.45) is 16.0 Å². The molecule has 0 heterocycles. The van der Waals surface area contributed by atoms with Crippen molar-refractivity contribution >= 4 is 28.8 Å². The number of nitrogens with two attached hydrogens (primary N) is 1. The molecule has 0 aromatic heterocycles.